The largest absolute Gasteiger partial charge is 0.261 e. The van der Waals surface area contributed by atoms with E-state index in [1.165, 1.54) is 5.56 Å². The van der Waals surface area contributed by atoms with E-state index in [0.717, 1.165) is 22.2 Å². The Morgan fingerprint density at radius 1 is 1.44 bits per heavy atom. The Kier molecular flexibility index (Phi) is 3.55. The Labute approximate surface area is 104 Å². The predicted octanol–water partition coefficient (Wildman–Crippen LogP) is 3.86. The fraction of sp³-hybridized carbons (Fsp3) is 0.143. The SMILES string of the molecule is Cc1cccnc1CC1=C=CC=CC(Br)=C1. The molecule has 16 heavy (non-hydrogen) atoms. The third-order valence-electron chi connectivity index (χ3n) is 2.41. The minimum atomic E-state index is 0.819. The lowest BCUT2D eigenvalue weighted by molar-refractivity contribution is 1.04. The standard InChI is InChI=1S/C14H12BrN/c1-11-5-4-8-16-14(11)10-12-6-2-3-7-13(15)9-12/h2-5,7-9H,10H2,1H3. The summed E-state index contributed by atoms with van der Waals surface area (Å²) in [6, 6.07) is 4.05. The summed E-state index contributed by atoms with van der Waals surface area (Å²) in [5, 5.41) is 0. The van der Waals surface area contributed by atoms with E-state index >= 15 is 0 Å². The number of hydrogen-bond acceptors (Lipinski definition) is 1. The summed E-state index contributed by atoms with van der Waals surface area (Å²) in [6.07, 6.45) is 10.6. The molecule has 1 heterocycles. The molecule has 1 aliphatic carbocycles. The molecule has 1 nitrogen and oxygen atoms in total. The van der Waals surface area contributed by atoms with E-state index in [1.807, 2.05) is 30.5 Å². The topological polar surface area (TPSA) is 12.9 Å². The van der Waals surface area contributed by atoms with Gasteiger partial charge in [0.1, 0.15) is 0 Å². The van der Waals surface area contributed by atoms with Crippen LogP contribution < -0.4 is 0 Å². The number of nitrogens with zero attached hydrogens (tertiary/aromatic N) is 1. The maximum Gasteiger partial charge on any atom is 0.0482 e. The summed E-state index contributed by atoms with van der Waals surface area (Å²) < 4.78 is 1.07. The average Bonchev–Trinajstić information content (AvgIpc) is 2.46. The first-order valence-electron chi connectivity index (χ1n) is 5.15. The van der Waals surface area contributed by atoms with Crippen molar-refractivity contribution in [1.29, 1.82) is 0 Å². The van der Waals surface area contributed by atoms with Crippen LogP contribution in [0.4, 0.5) is 0 Å². The van der Waals surface area contributed by atoms with Crippen LogP contribution in [0.3, 0.4) is 0 Å². The van der Waals surface area contributed by atoms with Crippen LogP contribution in [0.15, 0.2) is 58.4 Å². The molecule has 1 aliphatic rings. The molecule has 1 aromatic rings. The normalized spacial score (nSPS) is 14.4. The highest BCUT2D eigenvalue weighted by Gasteiger charge is 2.02. The van der Waals surface area contributed by atoms with Crippen LogP contribution in [0.1, 0.15) is 11.3 Å². The van der Waals surface area contributed by atoms with E-state index in [9.17, 15) is 0 Å². The van der Waals surface area contributed by atoms with Gasteiger partial charge in [-0.25, -0.2) is 0 Å². The van der Waals surface area contributed by atoms with E-state index in [4.69, 9.17) is 0 Å². The van der Waals surface area contributed by atoms with Gasteiger partial charge < -0.3 is 0 Å². The van der Waals surface area contributed by atoms with E-state index in [2.05, 4.69) is 45.7 Å². The zero-order valence-electron chi connectivity index (χ0n) is 9.07. The number of allylic oxidation sites excluding steroid dienone is 5. The smallest absolute Gasteiger partial charge is 0.0482 e. The summed E-state index contributed by atoms with van der Waals surface area (Å²) in [5.41, 5.74) is 6.71. The number of pyridine rings is 1. The maximum atomic E-state index is 4.39. The molecule has 0 N–H and O–H groups in total. The summed E-state index contributed by atoms with van der Waals surface area (Å²) in [7, 11) is 0. The lowest BCUT2D eigenvalue weighted by Gasteiger charge is -2.03. The van der Waals surface area contributed by atoms with E-state index < -0.39 is 0 Å². The molecule has 0 aromatic carbocycles. The number of halogens is 1. The van der Waals surface area contributed by atoms with Crippen molar-refractivity contribution in [2.45, 2.75) is 13.3 Å². The number of aromatic nitrogens is 1. The molecular weight excluding hydrogens is 262 g/mol. The van der Waals surface area contributed by atoms with Crippen molar-refractivity contribution in [3.8, 4) is 0 Å². The molecule has 2 rings (SSSR count). The molecule has 0 aliphatic heterocycles. The highest BCUT2D eigenvalue weighted by molar-refractivity contribution is 9.11. The minimum absolute atomic E-state index is 0.819. The Morgan fingerprint density at radius 2 is 2.31 bits per heavy atom. The molecule has 2 heteroatoms. The Balaban J connectivity index is 2.26. The zero-order chi connectivity index (χ0) is 11.4. The van der Waals surface area contributed by atoms with Crippen LogP contribution >= 0.6 is 15.9 Å². The molecule has 0 amide bonds. The molecule has 0 fully saturated rings. The quantitative estimate of drug-likeness (QED) is 0.746. The van der Waals surface area contributed by atoms with E-state index in [0.29, 0.717) is 0 Å². The Morgan fingerprint density at radius 3 is 3.12 bits per heavy atom. The van der Waals surface area contributed by atoms with Crippen LogP contribution in [0.25, 0.3) is 0 Å². The highest BCUT2D eigenvalue weighted by atomic mass is 79.9. The third kappa shape index (κ3) is 2.82. The second-order valence-corrected chi connectivity index (χ2v) is 4.58. The van der Waals surface area contributed by atoms with Crippen LogP contribution in [0.2, 0.25) is 0 Å². The van der Waals surface area contributed by atoms with Gasteiger partial charge in [0.05, 0.1) is 0 Å². The Hall–Kier alpha value is -1.37. The van der Waals surface area contributed by atoms with Gasteiger partial charge in [-0.15, -0.1) is 5.73 Å². The summed E-state index contributed by atoms with van der Waals surface area (Å²) >= 11 is 3.48. The molecule has 1 aromatic heterocycles. The molecule has 0 saturated carbocycles. The lowest BCUT2D eigenvalue weighted by atomic mass is 10.1. The van der Waals surface area contributed by atoms with Crippen molar-refractivity contribution in [2.75, 3.05) is 0 Å². The number of hydrogen-bond donors (Lipinski definition) is 0. The summed E-state index contributed by atoms with van der Waals surface area (Å²) in [5.74, 6) is 0. The van der Waals surface area contributed by atoms with Gasteiger partial charge in [0.2, 0.25) is 0 Å². The predicted molar refractivity (Wildman–Crippen MR) is 70.4 cm³/mol. The fourth-order valence-electron chi connectivity index (χ4n) is 1.54. The van der Waals surface area contributed by atoms with Gasteiger partial charge in [-0.2, -0.15) is 0 Å². The van der Waals surface area contributed by atoms with Crippen LogP contribution in [-0.2, 0) is 6.42 Å². The van der Waals surface area contributed by atoms with Crippen molar-refractivity contribution in [3.05, 3.63) is 69.7 Å². The summed E-state index contributed by atoms with van der Waals surface area (Å²) in [6.45, 7) is 2.08. The fourth-order valence-corrected chi connectivity index (χ4v) is 1.97. The van der Waals surface area contributed by atoms with E-state index in [1.54, 1.807) is 0 Å². The number of aryl methyl sites for hydroxylation is 1. The van der Waals surface area contributed by atoms with Crippen LogP contribution in [0.5, 0.6) is 0 Å². The monoisotopic (exact) mass is 273 g/mol. The molecule has 0 unspecified atom stereocenters. The summed E-state index contributed by atoms with van der Waals surface area (Å²) in [4.78, 5) is 4.39. The second kappa shape index (κ2) is 5.11. The second-order valence-electron chi connectivity index (χ2n) is 3.67. The minimum Gasteiger partial charge on any atom is -0.261 e. The van der Waals surface area contributed by atoms with Gasteiger partial charge >= 0.3 is 0 Å². The van der Waals surface area contributed by atoms with Gasteiger partial charge in [0.25, 0.3) is 0 Å². The van der Waals surface area contributed by atoms with Gasteiger partial charge in [-0.1, -0.05) is 28.1 Å². The van der Waals surface area contributed by atoms with E-state index in [-0.39, 0.29) is 0 Å². The van der Waals surface area contributed by atoms with Crippen molar-refractivity contribution in [1.82, 2.24) is 4.98 Å². The van der Waals surface area contributed by atoms with Crippen molar-refractivity contribution < 1.29 is 0 Å². The molecular formula is C14H12BrN. The molecule has 0 atom stereocenters. The average molecular weight is 274 g/mol. The first-order valence-corrected chi connectivity index (χ1v) is 5.95. The first-order chi connectivity index (χ1) is 7.75. The highest BCUT2D eigenvalue weighted by Crippen LogP contribution is 2.17. The van der Waals surface area contributed by atoms with Crippen molar-refractivity contribution in [3.63, 3.8) is 0 Å². The van der Waals surface area contributed by atoms with Gasteiger partial charge in [0.15, 0.2) is 0 Å². The van der Waals surface area contributed by atoms with Crippen molar-refractivity contribution >= 4 is 15.9 Å². The lowest BCUT2D eigenvalue weighted by Crippen LogP contribution is -1.94. The van der Waals surface area contributed by atoms with Gasteiger partial charge in [-0.05, 0) is 36.8 Å². The maximum absolute atomic E-state index is 4.39. The molecule has 0 spiro atoms. The first kappa shape index (κ1) is 11.1. The molecule has 0 saturated heterocycles. The molecule has 0 radical (unpaired) electrons. The zero-order valence-corrected chi connectivity index (χ0v) is 10.7. The third-order valence-corrected chi connectivity index (χ3v) is 2.90. The van der Waals surface area contributed by atoms with Gasteiger partial charge in [0, 0.05) is 28.4 Å². The molecule has 80 valence electrons. The van der Waals surface area contributed by atoms with Crippen LogP contribution in [0, 0.1) is 6.92 Å². The van der Waals surface area contributed by atoms with Gasteiger partial charge in [-0.3, -0.25) is 4.98 Å². The van der Waals surface area contributed by atoms with Crippen LogP contribution in [-0.4, -0.2) is 4.98 Å². The number of rotatable bonds is 2. The molecule has 0 bridgehead atoms. The van der Waals surface area contributed by atoms with Crippen molar-refractivity contribution in [2.24, 2.45) is 0 Å². The Bertz CT molecular complexity index is 517.